The van der Waals surface area contributed by atoms with Gasteiger partial charge in [-0.05, 0) is 69.6 Å². The van der Waals surface area contributed by atoms with Crippen LogP contribution < -0.4 is 5.32 Å². The van der Waals surface area contributed by atoms with Crippen LogP contribution in [-0.4, -0.2) is 65.0 Å². The van der Waals surface area contributed by atoms with Gasteiger partial charge in [0.25, 0.3) is 0 Å². The number of nitrogens with zero attached hydrogens (tertiary/aromatic N) is 2. The number of hydrogen-bond donors (Lipinski definition) is 2. The summed E-state index contributed by atoms with van der Waals surface area (Å²) in [6, 6.07) is 6.64. The number of amides is 2. The van der Waals surface area contributed by atoms with Gasteiger partial charge in [0.15, 0.2) is 0 Å². The van der Waals surface area contributed by atoms with Gasteiger partial charge in [0.2, 0.25) is 11.8 Å². The molecule has 2 amide bonds. The van der Waals surface area contributed by atoms with Gasteiger partial charge >= 0.3 is 0 Å². The molecular formula is C23H35N3O3. The first-order valence-electron chi connectivity index (χ1n) is 11.0. The summed E-state index contributed by atoms with van der Waals surface area (Å²) in [5, 5.41) is 12.3. The zero-order valence-corrected chi connectivity index (χ0v) is 17.8. The highest BCUT2D eigenvalue weighted by Crippen LogP contribution is 2.27. The fourth-order valence-corrected chi connectivity index (χ4v) is 4.24. The van der Waals surface area contributed by atoms with E-state index >= 15 is 0 Å². The van der Waals surface area contributed by atoms with Gasteiger partial charge < -0.3 is 15.3 Å². The molecule has 1 atom stereocenters. The van der Waals surface area contributed by atoms with Gasteiger partial charge in [-0.15, -0.1) is 0 Å². The number of nitrogens with one attached hydrogen (secondary N) is 1. The van der Waals surface area contributed by atoms with Crippen molar-refractivity contribution < 1.29 is 14.7 Å². The maximum absolute atomic E-state index is 12.8. The van der Waals surface area contributed by atoms with Crippen molar-refractivity contribution in [2.75, 3.05) is 31.6 Å². The van der Waals surface area contributed by atoms with Crippen LogP contribution >= 0.6 is 0 Å². The van der Waals surface area contributed by atoms with Crippen molar-refractivity contribution in [1.29, 1.82) is 0 Å². The minimum Gasteiger partial charge on any atom is -0.396 e. The first-order chi connectivity index (χ1) is 14.0. The first-order valence-corrected chi connectivity index (χ1v) is 11.0. The number of hydrogen-bond acceptors (Lipinski definition) is 4. The smallest absolute Gasteiger partial charge is 0.238 e. The summed E-state index contributed by atoms with van der Waals surface area (Å²) in [6.07, 6.45) is 6.45. The Morgan fingerprint density at radius 1 is 1.21 bits per heavy atom. The van der Waals surface area contributed by atoms with Crippen molar-refractivity contribution in [3.05, 3.63) is 29.3 Å². The number of likely N-dealkylation sites (tertiary alicyclic amines) is 1. The zero-order valence-electron chi connectivity index (χ0n) is 17.8. The van der Waals surface area contributed by atoms with E-state index in [1.807, 2.05) is 36.9 Å². The second-order valence-electron chi connectivity index (χ2n) is 8.57. The number of rotatable bonds is 9. The number of anilines is 1. The Balaban J connectivity index is 1.53. The fraction of sp³-hybridized carbons (Fsp3) is 0.652. The third-order valence-electron chi connectivity index (χ3n) is 6.10. The van der Waals surface area contributed by atoms with Crippen LogP contribution in [-0.2, 0) is 9.59 Å². The Bertz CT molecular complexity index is 715. The molecule has 6 nitrogen and oxygen atoms in total. The van der Waals surface area contributed by atoms with E-state index in [0.29, 0.717) is 32.0 Å². The van der Waals surface area contributed by atoms with Gasteiger partial charge in [0, 0.05) is 43.9 Å². The predicted octanol–water partition coefficient (Wildman–Crippen LogP) is 2.86. The van der Waals surface area contributed by atoms with Crippen molar-refractivity contribution in [3.63, 3.8) is 0 Å². The Labute approximate surface area is 174 Å². The van der Waals surface area contributed by atoms with E-state index in [-0.39, 0.29) is 24.5 Å². The molecule has 6 heteroatoms. The van der Waals surface area contributed by atoms with Crippen LogP contribution in [0.4, 0.5) is 5.69 Å². The normalized spacial score (nSPS) is 19.4. The van der Waals surface area contributed by atoms with Crippen LogP contribution in [0, 0.1) is 13.8 Å². The van der Waals surface area contributed by atoms with Gasteiger partial charge in [-0.2, -0.15) is 0 Å². The quantitative estimate of drug-likeness (QED) is 0.667. The Hall–Kier alpha value is -1.92. The molecule has 1 aromatic carbocycles. The molecule has 0 spiro atoms. The van der Waals surface area contributed by atoms with E-state index in [1.54, 1.807) is 0 Å². The minimum atomic E-state index is -0.0193. The van der Waals surface area contributed by atoms with E-state index in [9.17, 15) is 14.7 Å². The molecule has 0 aromatic heterocycles. The molecule has 160 valence electrons. The highest BCUT2D eigenvalue weighted by Gasteiger charge is 2.32. The molecule has 2 fully saturated rings. The minimum absolute atomic E-state index is 0.0193. The molecule has 1 aliphatic heterocycles. The summed E-state index contributed by atoms with van der Waals surface area (Å²) >= 11 is 0. The molecular weight excluding hydrogens is 366 g/mol. The van der Waals surface area contributed by atoms with E-state index < -0.39 is 0 Å². The molecule has 1 heterocycles. The molecule has 0 radical (unpaired) electrons. The van der Waals surface area contributed by atoms with Gasteiger partial charge in [-0.1, -0.05) is 12.1 Å². The van der Waals surface area contributed by atoms with Crippen LogP contribution in [0.15, 0.2) is 18.2 Å². The summed E-state index contributed by atoms with van der Waals surface area (Å²) < 4.78 is 0. The lowest BCUT2D eigenvalue weighted by Crippen LogP contribution is -2.45. The second kappa shape index (κ2) is 10.2. The molecule has 2 aliphatic rings. The molecule has 3 rings (SSSR count). The van der Waals surface area contributed by atoms with Crippen molar-refractivity contribution in [3.8, 4) is 0 Å². The van der Waals surface area contributed by atoms with Crippen LogP contribution in [0.25, 0.3) is 0 Å². The zero-order chi connectivity index (χ0) is 20.8. The molecule has 0 bridgehead atoms. The highest BCUT2D eigenvalue weighted by atomic mass is 16.3. The number of benzene rings is 1. The van der Waals surface area contributed by atoms with Crippen LogP contribution in [0.5, 0.6) is 0 Å². The van der Waals surface area contributed by atoms with Gasteiger partial charge in [-0.3, -0.25) is 14.5 Å². The number of aliphatic hydroxyl groups excluding tert-OH is 1. The topological polar surface area (TPSA) is 72.9 Å². The summed E-state index contributed by atoms with van der Waals surface area (Å²) in [5.74, 6) is 0.137. The van der Waals surface area contributed by atoms with E-state index in [1.165, 1.54) is 0 Å². The lowest BCUT2D eigenvalue weighted by atomic mass is 9.99. The third-order valence-corrected chi connectivity index (χ3v) is 6.10. The number of carbonyl (C=O) groups excluding carboxylic acids is 2. The fourth-order valence-electron chi connectivity index (χ4n) is 4.24. The standard InChI is InChI=1S/C23H35N3O3/c1-17-6-7-18(2)21(15-17)24-22(28)16-25(19-8-9-19)13-10-23(29)26-12-4-3-5-20(26)11-14-27/h6-7,15,19-20,27H,3-5,8-14,16H2,1-2H3,(H,24,28). The number of carbonyl (C=O) groups is 2. The molecule has 2 N–H and O–H groups in total. The van der Waals surface area contributed by atoms with E-state index in [2.05, 4.69) is 10.2 Å². The van der Waals surface area contributed by atoms with Crippen LogP contribution in [0.2, 0.25) is 0 Å². The monoisotopic (exact) mass is 401 g/mol. The maximum atomic E-state index is 12.8. The van der Waals surface area contributed by atoms with Crippen molar-refractivity contribution in [2.24, 2.45) is 0 Å². The van der Waals surface area contributed by atoms with Gasteiger partial charge in [-0.25, -0.2) is 0 Å². The maximum Gasteiger partial charge on any atom is 0.238 e. The summed E-state index contributed by atoms with van der Waals surface area (Å²) in [4.78, 5) is 29.5. The Morgan fingerprint density at radius 3 is 2.72 bits per heavy atom. The number of aliphatic hydroxyl groups is 1. The second-order valence-corrected chi connectivity index (χ2v) is 8.57. The summed E-state index contributed by atoms with van der Waals surface area (Å²) in [5.41, 5.74) is 3.04. The van der Waals surface area contributed by atoms with Crippen molar-refractivity contribution in [1.82, 2.24) is 9.80 Å². The predicted molar refractivity (Wildman–Crippen MR) is 115 cm³/mol. The van der Waals surface area contributed by atoms with Crippen molar-refractivity contribution in [2.45, 2.75) is 70.9 Å². The third kappa shape index (κ3) is 6.28. The number of aryl methyl sites for hydroxylation is 2. The number of piperidine rings is 1. The molecule has 29 heavy (non-hydrogen) atoms. The lowest BCUT2D eigenvalue weighted by molar-refractivity contribution is -0.136. The average Bonchev–Trinajstić information content (AvgIpc) is 3.53. The lowest BCUT2D eigenvalue weighted by Gasteiger charge is -2.36. The molecule has 1 saturated heterocycles. The van der Waals surface area contributed by atoms with Crippen LogP contribution in [0.3, 0.4) is 0 Å². The Morgan fingerprint density at radius 2 is 2.00 bits per heavy atom. The Kier molecular flexibility index (Phi) is 7.67. The summed E-state index contributed by atoms with van der Waals surface area (Å²) in [6.45, 7) is 5.87. The molecule has 1 aromatic rings. The van der Waals surface area contributed by atoms with Gasteiger partial charge in [0.05, 0.1) is 6.54 Å². The molecule has 1 unspecified atom stereocenters. The van der Waals surface area contributed by atoms with E-state index in [4.69, 9.17) is 0 Å². The largest absolute Gasteiger partial charge is 0.396 e. The van der Waals surface area contributed by atoms with E-state index in [0.717, 1.165) is 55.5 Å². The van der Waals surface area contributed by atoms with Crippen LogP contribution in [0.1, 0.15) is 56.1 Å². The van der Waals surface area contributed by atoms with Crippen molar-refractivity contribution >= 4 is 17.5 Å². The summed E-state index contributed by atoms with van der Waals surface area (Å²) in [7, 11) is 0. The molecule has 1 aliphatic carbocycles. The molecule has 1 saturated carbocycles. The first kappa shape index (κ1) is 21.8. The average molecular weight is 402 g/mol. The SMILES string of the molecule is Cc1ccc(C)c(NC(=O)CN(CCC(=O)N2CCCCC2CCO)C2CC2)c1. The van der Waals surface area contributed by atoms with Gasteiger partial charge in [0.1, 0.15) is 0 Å². The highest BCUT2D eigenvalue weighted by molar-refractivity contribution is 5.93.